The highest BCUT2D eigenvalue weighted by Gasteiger charge is 2.24. The Morgan fingerprint density at radius 2 is 1.64 bits per heavy atom. The van der Waals surface area contributed by atoms with Gasteiger partial charge in [0.15, 0.2) is 0 Å². The van der Waals surface area contributed by atoms with Crippen molar-refractivity contribution < 1.29 is 22.7 Å². The molecule has 0 unspecified atom stereocenters. The van der Waals surface area contributed by atoms with Crippen molar-refractivity contribution in [2.45, 2.75) is 24.8 Å². The van der Waals surface area contributed by atoms with Gasteiger partial charge in [-0.15, -0.1) is 0 Å². The lowest BCUT2D eigenvalue weighted by Gasteiger charge is -2.34. The van der Waals surface area contributed by atoms with E-state index in [0.717, 1.165) is 0 Å². The number of nitrogens with one attached hydrogen (secondary N) is 1. The number of methoxy groups -OCH3 is 1. The first-order valence-electron chi connectivity index (χ1n) is 10.7. The molecule has 8 nitrogen and oxygen atoms in total. The zero-order chi connectivity index (χ0) is 24.0. The van der Waals surface area contributed by atoms with Crippen LogP contribution < -0.4 is 9.46 Å². The fourth-order valence-corrected chi connectivity index (χ4v) is 5.00. The minimum atomic E-state index is -3.76. The van der Waals surface area contributed by atoms with E-state index < -0.39 is 10.0 Å². The number of hydrogen-bond donors (Lipinski definition) is 1. The second kappa shape index (κ2) is 10.6. The SMILES string of the molecule is COc1ccc(/C=C/C(=O)N2CCN(C(=O)c3ccccc3)CC2)cc1S(=O)(=O)NC(C)C. The van der Waals surface area contributed by atoms with Crippen LogP contribution in [-0.4, -0.2) is 69.4 Å². The molecule has 176 valence electrons. The van der Waals surface area contributed by atoms with E-state index in [9.17, 15) is 18.0 Å². The van der Waals surface area contributed by atoms with E-state index >= 15 is 0 Å². The van der Waals surface area contributed by atoms with Crippen LogP contribution in [0.3, 0.4) is 0 Å². The molecule has 0 radical (unpaired) electrons. The highest BCUT2D eigenvalue weighted by atomic mass is 32.2. The molecule has 2 aromatic rings. The molecule has 2 amide bonds. The molecule has 0 saturated carbocycles. The van der Waals surface area contributed by atoms with Crippen LogP contribution in [0.15, 0.2) is 59.5 Å². The van der Waals surface area contributed by atoms with Gasteiger partial charge in [0.2, 0.25) is 15.9 Å². The Hall–Kier alpha value is -3.17. The monoisotopic (exact) mass is 471 g/mol. The zero-order valence-electron chi connectivity index (χ0n) is 19.0. The quantitative estimate of drug-likeness (QED) is 0.626. The summed E-state index contributed by atoms with van der Waals surface area (Å²) in [7, 11) is -2.36. The second-order valence-electron chi connectivity index (χ2n) is 8.00. The average molecular weight is 472 g/mol. The van der Waals surface area contributed by atoms with Gasteiger partial charge in [-0.05, 0) is 49.8 Å². The van der Waals surface area contributed by atoms with Crippen LogP contribution in [0.4, 0.5) is 0 Å². The molecule has 0 atom stereocenters. The number of nitrogens with zero attached hydrogens (tertiary/aromatic N) is 2. The standard InChI is InChI=1S/C24H29N3O5S/c1-18(2)25-33(30,31)22-17-19(9-11-21(22)32-3)10-12-23(28)26-13-15-27(16-14-26)24(29)20-7-5-4-6-8-20/h4-12,17-18,25H,13-16H2,1-3H3/b12-10+. The van der Waals surface area contributed by atoms with Crippen molar-refractivity contribution in [2.24, 2.45) is 0 Å². The number of ether oxygens (including phenoxy) is 1. The number of piperazine rings is 1. The molecular formula is C24H29N3O5S. The number of amides is 2. The summed E-state index contributed by atoms with van der Waals surface area (Å²) in [5.41, 5.74) is 1.19. The van der Waals surface area contributed by atoms with E-state index in [1.165, 1.54) is 19.3 Å². The summed E-state index contributed by atoms with van der Waals surface area (Å²) < 4.78 is 33.0. The molecule has 0 aromatic heterocycles. The first-order chi connectivity index (χ1) is 15.7. The van der Waals surface area contributed by atoms with Gasteiger partial charge in [0.25, 0.3) is 5.91 Å². The van der Waals surface area contributed by atoms with E-state index in [0.29, 0.717) is 37.3 Å². The third-order valence-corrected chi connectivity index (χ3v) is 6.87. The van der Waals surface area contributed by atoms with E-state index in [4.69, 9.17) is 4.74 Å². The maximum absolute atomic E-state index is 12.6. The second-order valence-corrected chi connectivity index (χ2v) is 9.69. The van der Waals surface area contributed by atoms with Crippen LogP contribution in [0.2, 0.25) is 0 Å². The van der Waals surface area contributed by atoms with Crippen LogP contribution in [0.5, 0.6) is 5.75 Å². The molecule has 1 heterocycles. The normalized spacial score (nSPS) is 14.7. The van der Waals surface area contributed by atoms with Gasteiger partial charge in [-0.25, -0.2) is 13.1 Å². The maximum atomic E-state index is 12.6. The van der Waals surface area contributed by atoms with Crippen molar-refractivity contribution in [3.8, 4) is 5.75 Å². The van der Waals surface area contributed by atoms with Crippen LogP contribution in [0.1, 0.15) is 29.8 Å². The third-order valence-electron chi connectivity index (χ3n) is 5.19. The van der Waals surface area contributed by atoms with E-state index in [1.54, 1.807) is 54.0 Å². The summed E-state index contributed by atoms with van der Waals surface area (Å²) in [4.78, 5) is 28.6. The van der Waals surface area contributed by atoms with Crippen LogP contribution >= 0.6 is 0 Å². The molecule has 1 N–H and O–H groups in total. The van der Waals surface area contributed by atoms with Crippen molar-refractivity contribution in [3.05, 3.63) is 65.7 Å². The molecular weight excluding hydrogens is 442 g/mol. The van der Waals surface area contributed by atoms with Gasteiger partial charge >= 0.3 is 0 Å². The zero-order valence-corrected chi connectivity index (χ0v) is 19.8. The van der Waals surface area contributed by atoms with Gasteiger partial charge in [-0.1, -0.05) is 24.3 Å². The number of hydrogen-bond acceptors (Lipinski definition) is 5. The lowest BCUT2D eigenvalue weighted by atomic mass is 10.1. The highest BCUT2D eigenvalue weighted by Crippen LogP contribution is 2.25. The molecule has 1 aliphatic rings. The fraction of sp³-hybridized carbons (Fsp3) is 0.333. The lowest BCUT2D eigenvalue weighted by molar-refractivity contribution is -0.127. The molecule has 1 fully saturated rings. The number of rotatable bonds is 7. The first-order valence-corrected chi connectivity index (χ1v) is 12.2. The Bertz CT molecular complexity index is 1120. The Morgan fingerprint density at radius 1 is 1.00 bits per heavy atom. The first kappa shape index (κ1) is 24.5. The molecule has 1 saturated heterocycles. The van der Waals surface area contributed by atoms with Crippen LogP contribution in [0, 0.1) is 0 Å². The molecule has 33 heavy (non-hydrogen) atoms. The molecule has 2 aromatic carbocycles. The molecule has 3 rings (SSSR count). The van der Waals surface area contributed by atoms with E-state index in [2.05, 4.69) is 4.72 Å². The van der Waals surface area contributed by atoms with Gasteiger partial charge in [0.1, 0.15) is 10.6 Å². The third kappa shape index (κ3) is 6.21. The predicted molar refractivity (Wildman–Crippen MR) is 126 cm³/mol. The summed E-state index contributed by atoms with van der Waals surface area (Å²) in [6, 6.07) is 13.5. The largest absolute Gasteiger partial charge is 0.495 e. The minimum absolute atomic E-state index is 0.0151. The average Bonchev–Trinajstić information content (AvgIpc) is 2.81. The predicted octanol–water partition coefficient (Wildman–Crippen LogP) is 2.38. The number of sulfonamides is 1. The molecule has 1 aliphatic heterocycles. The summed E-state index contributed by atoms with van der Waals surface area (Å²) in [6.07, 6.45) is 3.00. The topological polar surface area (TPSA) is 96.0 Å². The summed E-state index contributed by atoms with van der Waals surface area (Å²) in [5.74, 6) is -0.00612. The van der Waals surface area contributed by atoms with Crippen molar-refractivity contribution in [3.63, 3.8) is 0 Å². The van der Waals surface area contributed by atoms with Crippen molar-refractivity contribution in [1.82, 2.24) is 14.5 Å². The van der Waals surface area contributed by atoms with Crippen molar-refractivity contribution >= 4 is 27.9 Å². The molecule has 9 heteroatoms. The Labute approximate surface area is 194 Å². The van der Waals surface area contributed by atoms with Gasteiger partial charge in [0, 0.05) is 43.9 Å². The van der Waals surface area contributed by atoms with Gasteiger partial charge < -0.3 is 14.5 Å². The summed E-state index contributed by atoms with van der Waals surface area (Å²) in [6.45, 7) is 5.25. The van der Waals surface area contributed by atoms with Crippen LogP contribution in [0.25, 0.3) is 6.08 Å². The van der Waals surface area contributed by atoms with Crippen molar-refractivity contribution in [1.29, 1.82) is 0 Å². The fourth-order valence-electron chi connectivity index (χ4n) is 3.55. The Kier molecular flexibility index (Phi) is 7.88. The van der Waals surface area contributed by atoms with Crippen molar-refractivity contribution in [2.75, 3.05) is 33.3 Å². The molecule has 0 spiro atoms. The Morgan fingerprint density at radius 3 is 2.24 bits per heavy atom. The van der Waals surface area contributed by atoms with Gasteiger partial charge in [0.05, 0.1) is 7.11 Å². The number of carbonyl (C=O) groups is 2. The Balaban J connectivity index is 1.65. The lowest BCUT2D eigenvalue weighted by Crippen LogP contribution is -2.50. The summed E-state index contributed by atoms with van der Waals surface area (Å²) in [5, 5.41) is 0. The molecule has 0 bridgehead atoms. The van der Waals surface area contributed by atoms with Gasteiger partial charge in [-0.3, -0.25) is 9.59 Å². The van der Waals surface area contributed by atoms with E-state index in [-0.39, 0.29) is 28.5 Å². The highest BCUT2D eigenvalue weighted by molar-refractivity contribution is 7.89. The smallest absolute Gasteiger partial charge is 0.253 e. The minimum Gasteiger partial charge on any atom is -0.495 e. The number of benzene rings is 2. The summed E-state index contributed by atoms with van der Waals surface area (Å²) >= 11 is 0. The number of carbonyl (C=O) groups excluding carboxylic acids is 2. The van der Waals surface area contributed by atoms with E-state index in [1.807, 2.05) is 18.2 Å². The molecule has 0 aliphatic carbocycles. The van der Waals surface area contributed by atoms with Gasteiger partial charge in [-0.2, -0.15) is 0 Å². The van der Waals surface area contributed by atoms with Crippen LogP contribution in [-0.2, 0) is 14.8 Å². The maximum Gasteiger partial charge on any atom is 0.253 e.